The van der Waals surface area contributed by atoms with Gasteiger partial charge in [-0.1, -0.05) is 54.1 Å². The minimum atomic E-state index is -0.248. The van der Waals surface area contributed by atoms with Crippen LogP contribution in [0.3, 0.4) is 0 Å². The lowest BCUT2D eigenvalue weighted by Crippen LogP contribution is -2.23. The van der Waals surface area contributed by atoms with E-state index in [9.17, 15) is 4.79 Å². The van der Waals surface area contributed by atoms with Crippen LogP contribution in [-0.2, 0) is 0 Å². The molecule has 0 aliphatic heterocycles. The first-order chi connectivity index (χ1) is 17.5. The molecular weight excluding hydrogens is 498 g/mol. The Hall–Kier alpha value is -3.88. The summed E-state index contributed by atoms with van der Waals surface area (Å²) in [4.78, 5) is 17.9. The maximum atomic E-state index is 12.9. The molecule has 36 heavy (non-hydrogen) atoms. The van der Waals surface area contributed by atoms with E-state index in [2.05, 4.69) is 17.0 Å². The van der Waals surface area contributed by atoms with Crippen molar-refractivity contribution in [1.82, 2.24) is 14.6 Å². The second-order valence-electron chi connectivity index (χ2n) is 7.88. The van der Waals surface area contributed by atoms with E-state index in [1.807, 2.05) is 54.6 Å². The number of benzene rings is 2. The van der Waals surface area contributed by atoms with Crippen molar-refractivity contribution >= 4 is 46.1 Å². The molecule has 182 valence electrons. The standard InChI is InChI=1S/C27H22ClN3O4S/c1-3-13-34-22-10-7-17(14-23(22)33-2)8-12-25-29-27-31(30-25)26(32)24(36-27)16-20-9-11-21(35-20)18-5-4-6-19(28)15-18/h4-12,14-16H,3,13H2,1-2H3/b12-8+,24-16-. The molecule has 0 amide bonds. The number of halogens is 1. The number of hydrogen-bond donors (Lipinski definition) is 0. The second-order valence-corrected chi connectivity index (χ2v) is 9.33. The summed E-state index contributed by atoms with van der Waals surface area (Å²) >= 11 is 7.32. The van der Waals surface area contributed by atoms with Gasteiger partial charge < -0.3 is 13.9 Å². The Morgan fingerprint density at radius 2 is 2.00 bits per heavy atom. The van der Waals surface area contributed by atoms with E-state index in [0.29, 0.717) is 50.0 Å². The summed E-state index contributed by atoms with van der Waals surface area (Å²) in [7, 11) is 1.61. The third kappa shape index (κ3) is 5.05. The molecule has 0 fully saturated rings. The van der Waals surface area contributed by atoms with Crippen LogP contribution < -0.4 is 19.6 Å². The highest BCUT2D eigenvalue weighted by Crippen LogP contribution is 2.29. The number of thiazole rings is 1. The van der Waals surface area contributed by atoms with Gasteiger partial charge in [-0.15, -0.1) is 5.10 Å². The average molecular weight is 520 g/mol. The van der Waals surface area contributed by atoms with Gasteiger partial charge in [-0.3, -0.25) is 4.79 Å². The van der Waals surface area contributed by atoms with Crippen LogP contribution in [0.15, 0.2) is 63.8 Å². The van der Waals surface area contributed by atoms with Gasteiger partial charge in [0.05, 0.1) is 13.7 Å². The van der Waals surface area contributed by atoms with Crippen LogP contribution in [-0.4, -0.2) is 28.3 Å². The Bertz CT molecular complexity index is 1670. The molecule has 5 aromatic rings. The smallest absolute Gasteiger partial charge is 0.291 e. The summed E-state index contributed by atoms with van der Waals surface area (Å²) in [6, 6.07) is 16.7. The van der Waals surface area contributed by atoms with Crippen LogP contribution in [0.5, 0.6) is 11.5 Å². The molecular formula is C27H22ClN3O4S. The van der Waals surface area contributed by atoms with E-state index < -0.39 is 0 Å². The Kier molecular flexibility index (Phi) is 6.88. The number of nitrogens with zero attached hydrogens (tertiary/aromatic N) is 3. The molecule has 0 N–H and O–H groups in total. The van der Waals surface area contributed by atoms with E-state index in [0.717, 1.165) is 17.5 Å². The number of methoxy groups -OCH3 is 1. The van der Waals surface area contributed by atoms with Crippen molar-refractivity contribution in [1.29, 1.82) is 0 Å². The number of rotatable bonds is 8. The summed E-state index contributed by atoms with van der Waals surface area (Å²) in [5.41, 5.74) is 1.52. The molecule has 2 aromatic carbocycles. The molecule has 0 bridgehead atoms. The predicted octanol–water partition coefficient (Wildman–Crippen LogP) is 5.58. The molecule has 0 radical (unpaired) electrons. The lowest BCUT2D eigenvalue weighted by Gasteiger charge is -2.10. The van der Waals surface area contributed by atoms with Gasteiger partial charge >= 0.3 is 0 Å². The molecule has 0 saturated carbocycles. The van der Waals surface area contributed by atoms with Gasteiger partial charge in [0.25, 0.3) is 5.56 Å². The van der Waals surface area contributed by atoms with Crippen LogP contribution in [0, 0.1) is 0 Å². The second kappa shape index (κ2) is 10.4. The zero-order valence-corrected chi connectivity index (χ0v) is 21.2. The maximum Gasteiger partial charge on any atom is 0.291 e. The molecule has 0 aliphatic rings. The number of fused-ring (bicyclic) bond motifs is 1. The summed E-state index contributed by atoms with van der Waals surface area (Å²) in [5, 5.41) is 4.98. The molecule has 5 rings (SSSR count). The number of ether oxygens (including phenoxy) is 2. The number of aromatic nitrogens is 3. The fourth-order valence-electron chi connectivity index (χ4n) is 3.57. The van der Waals surface area contributed by atoms with Crippen LogP contribution in [0.25, 0.3) is 34.5 Å². The third-order valence-corrected chi connectivity index (χ3v) is 6.48. The topological polar surface area (TPSA) is 78.9 Å². The highest BCUT2D eigenvalue weighted by molar-refractivity contribution is 7.15. The van der Waals surface area contributed by atoms with Gasteiger partial charge in [0.1, 0.15) is 16.1 Å². The van der Waals surface area contributed by atoms with Gasteiger partial charge in [-0.05, 0) is 54.5 Å². The monoisotopic (exact) mass is 519 g/mol. The Morgan fingerprint density at radius 1 is 1.11 bits per heavy atom. The zero-order chi connectivity index (χ0) is 25.1. The molecule has 9 heteroatoms. The summed E-state index contributed by atoms with van der Waals surface area (Å²) in [6.07, 6.45) is 6.24. The SMILES string of the molecule is CCCOc1ccc(/C=C/c2nc3s/c(=C\c4ccc(-c5cccc(Cl)c5)o4)c(=O)n3n2)cc1OC. The van der Waals surface area contributed by atoms with Crippen molar-refractivity contribution in [3.05, 3.63) is 91.7 Å². The molecule has 3 aromatic heterocycles. The van der Waals surface area contributed by atoms with Crippen molar-refractivity contribution in [3.8, 4) is 22.8 Å². The van der Waals surface area contributed by atoms with Crippen molar-refractivity contribution in [2.45, 2.75) is 13.3 Å². The number of hydrogen-bond acceptors (Lipinski definition) is 7. The molecule has 3 heterocycles. The molecule has 7 nitrogen and oxygen atoms in total. The Morgan fingerprint density at radius 3 is 2.78 bits per heavy atom. The van der Waals surface area contributed by atoms with Crippen LogP contribution in [0.2, 0.25) is 5.02 Å². The van der Waals surface area contributed by atoms with E-state index in [1.54, 1.807) is 25.3 Å². The van der Waals surface area contributed by atoms with Gasteiger partial charge in [0.2, 0.25) is 4.96 Å². The highest BCUT2D eigenvalue weighted by Gasteiger charge is 2.11. The summed E-state index contributed by atoms with van der Waals surface area (Å²) in [5.74, 6) is 3.03. The van der Waals surface area contributed by atoms with Gasteiger partial charge in [-0.2, -0.15) is 9.50 Å². The zero-order valence-electron chi connectivity index (χ0n) is 19.6. The lowest BCUT2D eigenvalue weighted by atomic mass is 10.2. The summed E-state index contributed by atoms with van der Waals surface area (Å²) < 4.78 is 18.8. The van der Waals surface area contributed by atoms with Crippen LogP contribution in [0.4, 0.5) is 0 Å². The minimum Gasteiger partial charge on any atom is -0.493 e. The van der Waals surface area contributed by atoms with E-state index in [1.165, 1.54) is 15.9 Å². The normalized spacial score (nSPS) is 12.1. The van der Waals surface area contributed by atoms with Crippen molar-refractivity contribution in [2.24, 2.45) is 0 Å². The minimum absolute atomic E-state index is 0.248. The first-order valence-corrected chi connectivity index (χ1v) is 12.5. The lowest BCUT2D eigenvalue weighted by molar-refractivity contribution is 0.294. The molecule has 0 saturated heterocycles. The van der Waals surface area contributed by atoms with Gasteiger partial charge in [-0.25, -0.2) is 0 Å². The quantitative estimate of drug-likeness (QED) is 0.266. The highest BCUT2D eigenvalue weighted by atomic mass is 35.5. The fourth-order valence-corrected chi connectivity index (χ4v) is 4.65. The van der Waals surface area contributed by atoms with E-state index in [4.69, 9.17) is 25.5 Å². The largest absolute Gasteiger partial charge is 0.493 e. The first-order valence-electron chi connectivity index (χ1n) is 11.3. The Balaban J connectivity index is 1.37. The number of furan rings is 1. The van der Waals surface area contributed by atoms with E-state index >= 15 is 0 Å². The van der Waals surface area contributed by atoms with Crippen LogP contribution in [0.1, 0.15) is 30.5 Å². The van der Waals surface area contributed by atoms with Crippen molar-refractivity contribution < 1.29 is 13.9 Å². The fraction of sp³-hybridized carbons (Fsp3) is 0.148. The molecule has 0 unspecified atom stereocenters. The van der Waals surface area contributed by atoms with E-state index in [-0.39, 0.29) is 5.56 Å². The maximum absolute atomic E-state index is 12.9. The average Bonchev–Trinajstić information content (AvgIpc) is 3.59. The molecule has 0 spiro atoms. The predicted molar refractivity (Wildman–Crippen MR) is 143 cm³/mol. The van der Waals surface area contributed by atoms with Gasteiger partial charge in [0, 0.05) is 16.7 Å². The van der Waals surface area contributed by atoms with Crippen molar-refractivity contribution in [2.75, 3.05) is 13.7 Å². The third-order valence-electron chi connectivity index (χ3n) is 5.28. The molecule has 0 aliphatic carbocycles. The van der Waals surface area contributed by atoms with Gasteiger partial charge in [0.15, 0.2) is 17.3 Å². The van der Waals surface area contributed by atoms with Crippen LogP contribution >= 0.6 is 22.9 Å². The molecule has 0 atom stereocenters. The summed E-state index contributed by atoms with van der Waals surface area (Å²) in [6.45, 7) is 2.68. The van der Waals surface area contributed by atoms with Crippen molar-refractivity contribution in [3.63, 3.8) is 0 Å². The first kappa shape index (κ1) is 23.8. The Labute approximate surface area is 215 Å².